The maximum atomic E-state index is 6.45. The van der Waals surface area contributed by atoms with Gasteiger partial charge in [0.15, 0.2) is 0 Å². The lowest BCUT2D eigenvalue weighted by atomic mass is 9.93. The van der Waals surface area contributed by atoms with Crippen LogP contribution in [0.3, 0.4) is 0 Å². The van der Waals surface area contributed by atoms with E-state index in [2.05, 4.69) is 53.2 Å². The number of alkyl halides is 1. The summed E-state index contributed by atoms with van der Waals surface area (Å²) in [7, 11) is 0. The Hall–Kier alpha value is -0.340. The predicted octanol–water partition coefficient (Wildman–Crippen LogP) is 5.64. The van der Waals surface area contributed by atoms with Crippen LogP contribution < -0.4 is 0 Å². The summed E-state index contributed by atoms with van der Waals surface area (Å²) in [5, 5.41) is 0. The first-order valence-electron chi connectivity index (χ1n) is 8.05. The van der Waals surface area contributed by atoms with Gasteiger partial charge in [-0.15, -0.1) is 0 Å². The van der Waals surface area contributed by atoms with Crippen LogP contribution in [0.4, 0.5) is 0 Å². The highest BCUT2D eigenvalue weighted by Crippen LogP contribution is 2.45. The molecule has 0 aromatic heterocycles. The first kappa shape index (κ1) is 14.6. The summed E-state index contributed by atoms with van der Waals surface area (Å²) in [4.78, 5) is 0.437. The Bertz CT molecular complexity index is 424. The molecule has 1 aromatic rings. The molecule has 1 saturated heterocycles. The molecule has 0 N–H and O–H groups in total. The van der Waals surface area contributed by atoms with Gasteiger partial charge in [0.05, 0.1) is 11.7 Å². The molecule has 1 spiro atoms. The van der Waals surface area contributed by atoms with E-state index >= 15 is 0 Å². The first-order chi connectivity index (χ1) is 9.69. The topological polar surface area (TPSA) is 9.23 Å². The molecular formula is C18H25BrO. The number of halogens is 1. The quantitative estimate of drug-likeness (QED) is 0.646. The maximum absolute atomic E-state index is 6.45. The van der Waals surface area contributed by atoms with Crippen molar-refractivity contribution in [2.75, 3.05) is 0 Å². The standard InChI is InChI=1S/C18H25BrO/c1-14(17(19)15-7-3-2-4-8-15)13-16-9-12-18(20-16)10-5-6-11-18/h2-4,7-8,14,16-17H,5-6,9-13H2,1H3. The van der Waals surface area contributed by atoms with Gasteiger partial charge in [0.25, 0.3) is 0 Å². The van der Waals surface area contributed by atoms with E-state index in [9.17, 15) is 0 Å². The smallest absolute Gasteiger partial charge is 0.0687 e. The summed E-state index contributed by atoms with van der Waals surface area (Å²) in [6.07, 6.45) is 9.55. The third-order valence-electron chi connectivity index (χ3n) is 5.11. The van der Waals surface area contributed by atoms with Crippen LogP contribution in [-0.2, 0) is 4.74 Å². The van der Waals surface area contributed by atoms with Gasteiger partial charge in [0.2, 0.25) is 0 Å². The number of ether oxygens (including phenoxy) is 1. The van der Waals surface area contributed by atoms with Crippen molar-refractivity contribution >= 4 is 15.9 Å². The summed E-state index contributed by atoms with van der Waals surface area (Å²) in [5.41, 5.74) is 1.66. The Morgan fingerprint density at radius 3 is 2.60 bits per heavy atom. The third-order valence-corrected chi connectivity index (χ3v) is 6.54. The van der Waals surface area contributed by atoms with Gasteiger partial charge in [-0.05, 0) is 43.6 Å². The van der Waals surface area contributed by atoms with E-state index in [0.29, 0.717) is 16.8 Å². The molecule has 3 rings (SSSR count). The van der Waals surface area contributed by atoms with Crippen LogP contribution in [0.25, 0.3) is 0 Å². The van der Waals surface area contributed by atoms with Crippen molar-refractivity contribution in [3.63, 3.8) is 0 Å². The number of hydrogen-bond acceptors (Lipinski definition) is 1. The Morgan fingerprint density at radius 1 is 1.20 bits per heavy atom. The van der Waals surface area contributed by atoms with Gasteiger partial charge in [-0.25, -0.2) is 0 Å². The molecule has 0 bridgehead atoms. The molecule has 110 valence electrons. The maximum Gasteiger partial charge on any atom is 0.0687 e. The lowest BCUT2D eigenvalue weighted by Crippen LogP contribution is -2.25. The molecule has 0 radical (unpaired) electrons. The van der Waals surface area contributed by atoms with Gasteiger partial charge in [-0.2, -0.15) is 0 Å². The lowest BCUT2D eigenvalue weighted by Gasteiger charge is -2.26. The Labute approximate surface area is 131 Å². The number of benzene rings is 1. The molecule has 1 heterocycles. The number of hydrogen-bond donors (Lipinski definition) is 0. The zero-order valence-electron chi connectivity index (χ0n) is 12.4. The molecule has 1 aliphatic heterocycles. The van der Waals surface area contributed by atoms with E-state index in [-0.39, 0.29) is 5.60 Å². The minimum absolute atomic E-state index is 0.277. The van der Waals surface area contributed by atoms with E-state index in [1.165, 1.54) is 50.5 Å². The summed E-state index contributed by atoms with van der Waals surface area (Å²) in [6.45, 7) is 2.34. The van der Waals surface area contributed by atoms with E-state index in [1.807, 2.05) is 0 Å². The van der Waals surface area contributed by atoms with E-state index in [4.69, 9.17) is 4.74 Å². The largest absolute Gasteiger partial charge is 0.372 e. The van der Waals surface area contributed by atoms with Crippen molar-refractivity contribution in [2.45, 2.75) is 68.4 Å². The molecule has 2 aliphatic rings. The Morgan fingerprint density at radius 2 is 1.90 bits per heavy atom. The molecule has 2 heteroatoms. The molecule has 3 unspecified atom stereocenters. The number of rotatable bonds is 4. The molecular weight excluding hydrogens is 312 g/mol. The average molecular weight is 337 g/mol. The third kappa shape index (κ3) is 3.12. The van der Waals surface area contributed by atoms with Crippen molar-refractivity contribution < 1.29 is 4.74 Å². The van der Waals surface area contributed by atoms with Gasteiger partial charge in [0, 0.05) is 4.83 Å². The van der Waals surface area contributed by atoms with Gasteiger partial charge < -0.3 is 4.74 Å². The van der Waals surface area contributed by atoms with Gasteiger partial charge in [-0.1, -0.05) is 66.0 Å². The molecule has 0 amide bonds. The van der Waals surface area contributed by atoms with E-state index in [0.717, 1.165) is 0 Å². The van der Waals surface area contributed by atoms with E-state index < -0.39 is 0 Å². The highest BCUT2D eigenvalue weighted by molar-refractivity contribution is 9.09. The second kappa shape index (κ2) is 6.19. The Kier molecular flexibility index (Phi) is 4.52. The average Bonchev–Trinajstić information content (AvgIpc) is 3.09. The van der Waals surface area contributed by atoms with Crippen LogP contribution in [0.2, 0.25) is 0 Å². The minimum Gasteiger partial charge on any atom is -0.372 e. The van der Waals surface area contributed by atoms with Gasteiger partial charge >= 0.3 is 0 Å². The fourth-order valence-corrected chi connectivity index (χ4v) is 4.47. The fraction of sp³-hybridized carbons (Fsp3) is 0.667. The van der Waals surface area contributed by atoms with Crippen LogP contribution in [-0.4, -0.2) is 11.7 Å². The van der Waals surface area contributed by atoms with Crippen LogP contribution in [0.15, 0.2) is 30.3 Å². The fourth-order valence-electron chi connectivity index (χ4n) is 3.95. The van der Waals surface area contributed by atoms with Gasteiger partial charge in [-0.3, -0.25) is 0 Å². The lowest BCUT2D eigenvalue weighted by molar-refractivity contribution is -0.0434. The van der Waals surface area contributed by atoms with Gasteiger partial charge in [0.1, 0.15) is 0 Å². The van der Waals surface area contributed by atoms with Crippen molar-refractivity contribution in [2.24, 2.45) is 5.92 Å². The van der Waals surface area contributed by atoms with Crippen molar-refractivity contribution in [3.05, 3.63) is 35.9 Å². The Balaban J connectivity index is 1.55. The minimum atomic E-state index is 0.277. The summed E-state index contributed by atoms with van der Waals surface area (Å²) in [5.74, 6) is 0.610. The van der Waals surface area contributed by atoms with E-state index in [1.54, 1.807) is 0 Å². The zero-order valence-corrected chi connectivity index (χ0v) is 13.9. The second-order valence-electron chi connectivity index (χ2n) is 6.69. The predicted molar refractivity (Wildman–Crippen MR) is 87.2 cm³/mol. The molecule has 3 atom stereocenters. The van der Waals surface area contributed by atoms with Crippen molar-refractivity contribution in [1.29, 1.82) is 0 Å². The molecule has 20 heavy (non-hydrogen) atoms. The van der Waals surface area contributed by atoms with Crippen LogP contribution in [0, 0.1) is 5.92 Å². The molecule has 1 saturated carbocycles. The van der Waals surface area contributed by atoms with Crippen LogP contribution in [0.5, 0.6) is 0 Å². The summed E-state index contributed by atoms with van der Waals surface area (Å²) >= 11 is 3.88. The van der Waals surface area contributed by atoms with Crippen molar-refractivity contribution in [3.8, 4) is 0 Å². The SMILES string of the molecule is CC(CC1CCC2(CCCC2)O1)C(Br)c1ccccc1. The van der Waals surface area contributed by atoms with Crippen LogP contribution in [0.1, 0.15) is 62.3 Å². The summed E-state index contributed by atoms with van der Waals surface area (Å²) in [6, 6.07) is 10.7. The molecule has 2 fully saturated rings. The summed E-state index contributed by atoms with van der Waals surface area (Å²) < 4.78 is 6.45. The first-order valence-corrected chi connectivity index (χ1v) is 8.97. The molecule has 1 aliphatic carbocycles. The molecule has 1 aromatic carbocycles. The highest BCUT2D eigenvalue weighted by Gasteiger charge is 2.42. The zero-order chi connectivity index (χ0) is 14.0. The normalized spacial score (nSPS) is 27.8. The second-order valence-corrected chi connectivity index (χ2v) is 7.68. The molecule has 1 nitrogen and oxygen atoms in total. The monoisotopic (exact) mass is 336 g/mol. The van der Waals surface area contributed by atoms with Crippen molar-refractivity contribution in [1.82, 2.24) is 0 Å². The highest BCUT2D eigenvalue weighted by atomic mass is 79.9. The van der Waals surface area contributed by atoms with Crippen LogP contribution >= 0.6 is 15.9 Å².